The average molecular weight is 401 g/mol. The van der Waals surface area contributed by atoms with Crippen molar-refractivity contribution in [2.75, 3.05) is 13.2 Å². The lowest BCUT2D eigenvalue weighted by molar-refractivity contribution is -0.138. The molecule has 0 radical (unpaired) electrons. The van der Waals surface area contributed by atoms with Gasteiger partial charge in [0.05, 0.1) is 6.61 Å². The summed E-state index contributed by atoms with van der Waals surface area (Å²) >= 11 is 0. The van der Waals surface area contributed by atoms with Gasteiger partial charge in [0.1, 0.15) is 0 Å². The van der Waals surface area contributed by atoms with Gasteiger partial charge in [-0.25, -0.2) is 4.79 Å². The van der Waals surface area contributed by atoms with Crippen LogP contribution in [0.2, 0.25) is 0 Å². The van der Waals surface area contributed by atoms with Gasteiger partial charge in [0.2, 0.25) is 0 Å². The summed E-state index contributed by atoms with van der Waals surface area (Å²) in [7, 11) is 0. The second kappa shape index (κ2) is 10.0. The number of aryl methyl sites for hydroxylation is 1. The maximum Gasteiger partial charge on any atom is 0.333 e. The molecule has 3 rings (SSSR count). The van der Waals surface area contributed by atoms with E-state index in [1.54, 1.807) is 6.92 Å². The van der Waals surface area contributed by atoms with Gasteiger partial charge >= 0.3 is 5.97 Å². The molecular formula is C27H28O3. The maximum absolute atomic E-state index is 11.6. The molecule has 0 spiro atoms. The van der Waals surface area contributed by atoms with Crippen molar-refractivity contribution in [3.63, 3.8) is 0 Å². The van der Waals surface area contributed by atoms with Crippen LogP contribution in [-0.2, 0) is 22.4 Å². The predicted octanol–water partition coefficient (Wildman–Crippen LogP) is 5.53. The normalized spacial score (nSPS) is 10.6. The zero-order valence-corrected chi connectivity index (χ0v) is 17.7. The maximum atomic E-state index is 11.6. The molecule has 30 heavy (non-hydrogen) atoms. The number of benzene rings is 3. The van der Waals surface area contributed by atoms with Gasteiger partial charge in [0.25, 0.3) is 0 Å². The number of rotatable bonds is 8. The predicted molar refractivity (Wildman–Crippen MR) is 122 cm³/mol. The highest BCUT2D eigenvalue weighted by atomic mass is 16.5. The Morgan fingerprint density at radius 3 is 1.93 bits per heavy atom. The molecule has 0 atom stereocenters. The van der Waals surface area contributed by atoms with Crippen LogP contribution < -0.4 is 0 Å². The fourth-order valence-corrected chi connectivity index (χ4v) is 3.38. The van der Waals surface area contributed by atoms with E-state index in [9.17, 15) is 9.90 Å². The fraction of sp³-hybridized carbons (Fsp3) is 0.222. The van der Waals surface area contributed by atoms with Gasteiger partial charge in [0, 0.05) is 18.6 Å². The lowest BCUT2D eigenvalue weighted by Crippen LogP contribution is -2.09. The van der Waals surface area contributed by atoms with Crippen molar-refractivity contribution < 1.29 is 14.6 Å². The van der Waals surface area contributed by atoms with Gasteiger partial charge in [-0.15, -0.1) is 0 Å². The summed E-state index contributed by atoms with van der Waals surface area (Å²) < 4.78 is 5.26. The molecule has 0 unspecified atom stereocenters. The van der Waals surface area contributed by atoms with E-state index < -0.39 is 0 Å². The summed E-state index contributed by atoms with van der Waals surface area (Å²) in [5.41, 5.74) is 8.42. The van der Waals surface area contributed by atoms with Crippen LogP contribution in [0.4, 0.5) is 0 Å². The molecule has 3 nitrogen and oxygen atoms in total. The minimum absolute atomic E-state index is 0.0865. The summed E-state index contributed by atoms with van der Waals surface area (Å²) in [5, 5.41) is 9.38. The molecule has 0 aliphatic carbocycles. The Morgan fingerprint density at radius 2 is 1.37 bits per heavy atom. The Labute approximate surface area is 178 Å². The Morgan fingerprint density at radius 1 is 0.833 bits per heavy atom. The topological polar surface area (TPSA) is 46.5 Å². The first-order valence-corrected chi connectivity index (χ1v) is 10.2. The standard InChI is InChI=1S/C27H28O3/c1-19(2)27(29)30-17-15-26-18-25(13-12-24(26)14-16-28)23-10-8-22(9-11-23)21-6-4-20(3)5-7-21/h4-13,18,28H,1,14-17H2,2-3H3. The van der Waals surface area contributed by atoms with Crippen LogP contribution >= 0.6 is 0 Å². The minimum atomic E-state index is -0.374. The van der Waals surface area contributed by atoms with Crippen LogP contribution in [0, 0.1) is 6.92 Å². The molecule has 0 amide bonds. The van der Waals surface area contributed by atoms with E-state index in [-0.39, 0.29) is 12.6 Å². The molecule has 0 bridgehead atoms. The Hall–Kier alpha value is -3.17. The van der Waals surface area contributed by atoms with Crippen LogP contribution in [0.15, 0.2) is 78.9 Å². The molecule has 0 fully saturated rings. The smallest absolute Gasteiger partial charge is 0.333 e. The third kappa shape index (κ3) is 5.46. The number of carbonyl (C=O) groups excluding carboxylic acids is 1. The first-order chi connectivity index (χ1) is 14.5. The van der Waals surface area contributed by atoms with Gasteiger partial charge in [-0.2, -0.15) is 0 Å². The van der Waals surface area contributed by atoms with Crippen molar-refractivity contribution >= 4 is 5.97 Å². The molecule has 3 aromatic rings. The Balaban J connectivity index is 1.80. The van der Waals surface area contributed by atoms with Crippen LogP contribution in [0.25, 0.3) is 22.3 Å². The van der Waals surface area contributed by atoms with E-state index in [1.807, 2.05) is 0 Å². The lowest BCUT2D eigenvalue weighted by atomic mass is 9.95. The molecule has 0 aromatic heterocycles. The number of hydrogen-bond acceptors (Lipinski definition) is 3. The third-order valence-corrected chi connectivity index (χ3v) is 5.14. The van der Waals surface area contributed by atoms with Crippen molar-refractivity contribution in [3.05, 3.63) is 95.6 Å². The minimum Gasteiger partial charge on any atom is -0.462 e. The molecule has 1 N–H and O–H groups in total. The molecule has 0 saturated carbocycles. The van der Waals surface area contributed by atoms with Crippen molar-refractivity contribution in [2.45, 2.75) is 26.7 Å². The number of aliphatic hydroxyl groups excluding tert-OH is 1. The van der Waals surface area contributed by atoms with Crippen LogP contribution in [0.5, 0.6) is 0 Å². The lowest BCUT2D eigenvalue weighted by Gasteiger charge is -2.13. The van der Waals surface area contributed by atoms with E-state index in [0.29, 0.717) is 25.0 Å². The number of esters is 1. The summed E-state index contributed by atoms with van der Waals surface area (Å²) in [5.74, 6) is -0.374. The molecule has 0 aliphatic rings. The number of aliphatic hydroxyl groups is 1. The van der Waals surface area contributed by atoms with E-state index in [0.717, 1.165) is 22.3 Å². The van der Waals surface area contributed by atoms with Crippen molar-refractivity contribution in [3.8, 4) is 22.3 Å². The SMILES string of the molecule is C=C(C)C(=O)OCCc1cc(-c2ccc(-c3ccc(C)cc3)cc2)ccc1CCO. The van der Waals surface area contributed by atoms with Crippen LogP contribution in [0.3, 0.4) is 0 Å². The Bertz CT molecular complexity index is 1010. The molecule has 0 heterocycles. The largest absolute Gasteiger partial charge is 0.462 e. The van der Waals surface area contributed by atoms with Crippen molar-refractivity contribution in [2.24, 2.45) is 0 Å². The third-order valence-electron chi connectivity index (χ3n) is 5.14. The highest BCUT2D eigenvalue weighted by Crippen LogP contribution is 2.27. The summed E-state index contributed by atoms with van der Waals surface area (Å²) in [6.45, 7) is 7.71. The number of ether oxygens (including phenoxy) is 1. The molecule has 3 heteroatoms. The first-order valence-electron chi connectivity index (χ1n) is 10.2. The first kappa shape index (κ1) is 21.5. The summed E-state index contributed by atoms with van der Waals surface area (Å²) in [6, 6.07) is 23.3. The fourth-order valence-electron chi connectivity index (χ4n) is 3.38. The van der Waals surface area contributed by atoms with E-state index in [1.165, 1.54) is 16.7 Å². The van der Waals surface area contributed by atoms with Gasteiger partial charge in [-0.1, -0.05) is 78.9 Å². The van der Waals surface area contributed by atoms with E-state index >= 15 is 0 Å². The second-order valence-corrected chi connectivity index (χ2v) is 7.57. The zero-order valence-electron chi connectivity index (χ0n) is 17.7. The van der Waals surface area contributed by atoms with Gasteiger partial charge in [0.15, 0.2) is 0 Å². The van der Waals surface area contributed by atoms with Gasteiger partial charge in [-0.05, 0) is 53.6 Å². The number of hydrogen-bond donors (Lipinski definition) is 1. The Kier molecular flexibility index (Phi) is 7.21. The zero-order chi connectivity index (χ0) is 21.5. The average Bonchev–Trinajstić information content (AvgIpc) is 2.75. The highest BCUT2D eigenvalue weighted by Gasteiger charge is 2.09. The number of carbonyl (C=O) groups is 1. The molecular weight excluding hydrogens is 372 g/mol. The monoisotopic (exact) mass is 400 g/mol. The quantitative estimate of drug-likeness (QED) is 0.400. The highest BCUT2D eigenvalue weighted by molar-refractivity contribution is 5.86. The van der Waals surface area contributed by atoms with Gasteiger partial charge < -0.3 is 9.84 Å². The molecule has 3 aromatic carbocycles. The van der Waals surface area contributed by atoms with E-state index in [2.05, 4.69) is 80.2 Å². The van der Waals surface area contributed by atoms with Crippen LogP contribution in [0.1, 0.15) is 23.6 Å². The summed E-state index contributed by atoms with van der Waals surface area (Å²) in [6.07, 6.45) is 1.18. The van der Waals surface area contributed by atoms with E-state index in [4.69, 9.17) is 4.74 Å². The van der Waals surface area contributed by atoms with Crippen molar-refractivity contribution in [1.82, 2.24) is 0 Å². The molecule has 0 aliphatic heterocycles. The van der Waals surface area contributed by atoms with Crippen LogP contribution in [-0.4, -0.2) is 24.3 Å². The second-order valence-electron chi connectivity index (χ2n) is 7.57. The molecule has 154 valence electrons. The van der Waals surface area contributed by atoms with Gasteiger partial charge in [-0.3, -0.25) is 0 Å². The van der Waals surface area contributed by atoms with Crippen molar-refractivity contribution in [1.29, 1.82) is 0 Å². The summed E-state index contributed by atoms with van der Waals surface area (Å²) in [4.78, 5) is 11.6. The molecule has 0 saturated heterocycles.